The average molecular weight is 296 g/mol. The standard InChI is InChI=1S/C15H21FN2O3/c1-20-14-3-2-11(9-13(14)16)8-12(10-17)15(19)18-4-6-21-7-5-18/h2-3,9,12H,4-8,10,17H2,1H3. The number of carbonyl (C=O) groups is 1. The van der Waals surface area contributed by atoms with Gasteiger partial charge in [-0.2, -0.15) is 0 Å². The number of hydrogen-bond donors (Lipinski definition) is 1. The average Bonchev–Trinajstić information content (AvgIpc) is 2.53. The molecule has 1 amide bonds. The predicted molar refractivity (Wildman–Crippen MR) is 76.6 cm³/mol. The second-order valence-electron chi connectivity index (χ2n) is 5.04. The lowest BCUT2D eigenvalue weighted by Crippen LogP contribution is -2.45. The monoisotopic (exact) mass is 296 g/mol. The summed E-state index contributed by atoms with van der Waals surface area (Å²) in [6, 6.07) is 4.72. The first-order valence-electron chi connectivity index (χ1n) is 7.04. The van der Waals surface area contributed by atoms with Crippen LogP contribution >= 0.6 is 0 Å². The fourth-order valence-electron chi connectivity index (χ4n) is 2.43. The zero-order valence-electron chi connectivity index (χ0n) is 12.2. The molecule has 0 spiro atoms. The third-order valence-corrected chi connectivity index (χ3v) is 3.65. The van der Waals surface area contributed by atoms with Crippen molar-refractivity contribution in [1.29, 1.82) is 0 Å². The summed E-state index contributed by atoms with van der Waals surface area (Å²) in [5, 5.41) is 0. The van der Waals surface area contributed by atoms with E-state index in [1.807, 2.05) is 0 Å². The molecule has 0 aromatic heterocycles. The number of benzene rings is 1. The molecule has 0 radical (unpaired) electrons. The normalized spacial score (nSPS) is 16.6. The highest BCUT2D eigenvalue weighted by Gasteiger charge is 2.25. The zero-order chi connectivity index (χ0) is 15.2. The maximum absolute atomic E-state index is 13.7. The van der Waals surface area contributed by atoms with Gasteiger partial charge in [-0.1, -0.05) is 6.07 Å². The van der Waals surface area contributed by atoms with Crippen LogP contribution < -0.4 is 10.5 Å². The molecule has 2 rings (SSSR count). The largest absolute Gasteiger partial charge is 0.494 e. The lowest BCUT2D eigenvalue weighted by atomic mass is 9.97. The highest BCUT2D eigenvalue weighted by molar-refractivity contribution is 5.79. The Morgan fingerprint density at radius 3 is 2.76 bits per heavy atom. The number of morpholine rings is 1. The predicted octanol–water partition coefficient (Wildman–Crippen LogP) is 0.810. The number of methoxy groups -OCH3 is 1. The minimum Gasteiger partial charge on any atom is -0.494 e. The van der Waals surface area contributed by atoms with Gasteiger partial charge in [-0.15, -0.1) is 0 Å². The van der Waals surface area contributed by atoms with Crippen LogP contribution in [0.2, 0.25) is 0 Å². The van der Waals surface area contributed by atoms with Gasteiger partial charge < -0.3 is 20.1 Å². The fourth-order valence-corrected chi connectivity index (χ4v) is 2.43. The Labute approximate surface area is 123 Å². The summed E-state index contributed by atoms with van der Waals surface area (Å²) in [6.45, 7) is 2.53. The highest BCUT2D eigenvalue weighted by Crippen LogP contribution is 2.20. The number of carbonyl (C=O) groups excluding carboxylic acids is 1. The Morgan fingerprint density at radius 1 is 1.48 bits per heavy atom. The van der Waals surface area contributed by atoms with Gasteiger partial charge in [0, 0.05) is 19.6 Å². The molecule has 1 unspecified atom stereocenters. The number of nitrogens with two attached hydrogens (primary N) is 1. The first kappa shape index (κ1) is 15.7. The molecule has 6 heteroatoms. The number of hydrogen-bond acceptors (Lipinski definition) is 4. The third-order valence-electron chi connectivity index (χ3n) is 3.65. The molecule has 1 atom stereocenters. The van der Waals surface area contributed by atoms with Crippen molar-refractivity contribution in [2.45, 2.75) is 6.42 Å². The third kappa shape index (κ3) is 3.92. The minimum absolute atomic E-state index is 0.0111. The van der Waals surface area contributed by atoms with E-state index in [2.05, 4.69) is 0 Å². The quantitative estimate of drug-likeness (QED) is 0.873. The van der Waals surface area contributed by atoms with Crippen LogP contribution in [0.4, 0.5) is 4.39 Å². The van der Waals surface area contributed by atoms with Crippen molar-refractivity contribution in [2.75, 3.05) is 40.0 Å². The summed E-state index contributed by atoms with van der Waals surface area (Å²) in [5.41, 5.74) is 6.47. The summed E-state index contributed by atoms with van der Waals surface area (Å²) in [6.07, 6.45) is 0.424. The molecule has 5 nitrogen and oxygen atoms in total. The molecule has 1 aromatic rings. The van der Waals surface area contributed by atoms with Crippen molar-refractivity contribution >= 4 is 5.91 Å². The van der Waals surface area contributed by atoms with Gasteiger partial charge >= 0.3 is 0 Å². The second kappa shape index (κ2) is 7.38. The van der Waals surface area contributed by atoms with Crippen LogP contribution in [0.1, 0.15) is 5.56 Å². The van der Waals surface area contributed by atoms with Crippen molar-refractivity contribution < 1.29 is 18.7 Å². The van der Waals surface area contributed by atoms with Crippen molar-refractivity contribution in [3.8, 4) is 5.75 Å². The Bertz CT molecular complexity index is 490. The number of ether oxygens (including phenoxy) is 2. The molecule has 21 heavy (non-hydrogen) atoms. The molecule has 116 valence electrons. The summed E-state index contributed by atoms with van der Waals surface area (Å²) in [4.78, 5) is 14.2. The molecule has 2 N–H and O–H groups in total. The van der Waals surface area contributed by atoms with E-state index in [1.54, 1.807) is 17.0 Å². The van der Waals surface area contributed by atoms with Crippen molar-refractivity contribution in [3.05, 3.63) is 29.6 Å². The van der Waals surface area contributed by atoms with E-state index in [0.29, 0.717) is 32.7 Å². The molecular weight excluding hydrogens is 275 g/mol. The van der Waals surface area contributed by atoms with E-state index in [4.69, 9.17) is 15.2 Å². The summed E-state index contributed by atoms with van der Waals surface area (Å²) in [5.74, 6) is -0.555. The van der Waals surface area contributed by atoms with E-state index in [1.165, 1.54) is 13.2 Å². The second-order valence-corrected chi connectivity index (χ2v) is 5.04. The molecule has 0 saturated carbocycles. The van der Waals surface area contributed by atoms with Crippen LogP contribution in [-0.4, -0.2) is 50.8 Å². The summed E-state index contributed by atoms with van der Waals surface area (Å²) in [7, 11) is 1.42. The van der Waals surface area contributed by atoms with Crippen LogP contribution in [0.5, 0.6) is 5.75 Å². The first-order chi connectivity index (χ1) is 10.2. The number of halogens is 1. The van der Waals surface area contributed by atoms with E-state index >= 15 is 0 Å². The molecule has 0 aliphatic carbocycles. The number of nitrogens with zero attached hydrogens (tertiary/aromatic N) is 1. The molecule has 1 aliphatic heterocycles. The van der Waals surface area contributed by atoms with Crippen molar-refractivity contribution in [3.63, 3.8) is 0 Å². The van der Waals surface area contributed by atoms with Gasteiger partial charge in [-0.05, 0) is 24.1 Å². The molecule has 1 fully saturated rings. The van der Waals surface area contributed by atoms with E-state index in [0.717, 1.165) is 5.56 Å². The Morgan fingerprint density at radius 2 is 2.19 bits per heavy atom. The molecular formula is C15H21FN2O3. The van der Waals surface area contributed by atoms with Crippen LogP contribution in [0, 0.1) is 11.7 Å². The maximum atomic E-state index is 13.7. The lowest BCUT2D eigenvalue weighted by molar-refractivity contribution is -0.139. The highest BCUT2D eigenvalue weighted by atomic mass is 19.1. The van der Waals surface area contributed by atoms with E-state index < -0.39 is 5.82 Å². The topological polar surface area (TPSA) is 64.8 Å². The van der Waals surface area contributed by atoms with Gasteiger partial charge in [0.2, 0.25) is 5.91 Å². The molecule has 1 aromatic carbocycles. The van der Waals surface area contributed by atoms with Crippen LogP contribution in [0.15, 0.2) is 18.2 Å². The number of amides is 1. The van der Waals surface area contributed by atoms with E-state index in [-0.39, 0.29) is 24.1 Å². The van der Waals surface area contributed by atoms with Gasteiger partial charge in [0.15, 0.2) is 11.6 Å². The van der Waals surface area contributed by atoms with Crippen LogP contribution in [0.3, 0.4) is 0 Å². The molecule has 0 bridgehead atoms. The SMILES string of the molecule is COc1ccc(CC(CN)C(=O)N2CCOCC2)cc1F. The van der Waals surface area contributed by atoms with Crippen LogP contribution in [0.25, 0.3) is 0 Å². The maximum Gasteiger partial charge on any atom is 0.227 e. The Kier molecular flexibility index (Phi) is 5.52. The molecule has 1 saturated heterocycles. The van der Waals surface area contributed by atoms with Crippen molar-refractivity contribution in [2.24, 2.45) is 11.7 Å². The lowest BCUT2D eigenvalue weighted by Gasteiger charge is -2.30. The smallest absolute Gasteiger partial charge is 0.227 e. The summed E-state index contributed by atoms with van der Waals surface area (Å²) < 4.78 is 23.8. The number of rotatable bonds is 5. The fraction of sp³-hybridized carbons (Fsp3) is 0.533. The van der Waals surface area contributed by atoms with Gasteiger partial charge in [0.25, 0.3) is 0 Å². The van der Waals surface area contributed by atoms with Crippen LogP contribution in [-0.2, 0) is 16.0 Å². The van der Waals surface area contributed by atoms with Crippen molar-refractivity contribution in [1.82, 2.24) is 4.90 Å². The van der Waals surface area contributed by atoms with Gasteiger partial charge in [-0.3, -0.25) is 4.79 Å². The van der Waals surface area contributed by atoms with Gasteiger partial charge in [0.1, 0.15) is 0 Å². The zero-order valence-corrected chi connectivity index (χ0v) is 12.2. The molecule has 1 heterocycles. The van der Waals surface area contributed by atoms with E-state index in [9.17, 15) is 9.18 Å². The van der Waals surface area contributed by atoms with Gasteiger partial charge in [-0.25, -0.2) is 4.39 Å². The Hall–Kier alpha value is -1.66. The summed E-state index contributed by atoms with van der Waals surface area (Å²) >= 11 is 0. The molecule has 1 aliphatic rings. The first-order valence-corrected chi connectivity index (χ1v) is 7.04. The Balaban J connectivity index is 2.04. The minimum atomic E-state index is -0.426. The van der Waals surface area contributed by atoms with Gasteiger partial charge in [0.05, 0.1) is 26.2 Å².